The number of carbonyl (C=O) groups excluding carboxylic acids is 1. The molecular formula is C13H15FN4O. The van der Waals surface area contributed by atoms with Crippen molar-refractivity contribution in [3.05, 3.63) is 48.0 Å². The van der Waals surface area contributed by atoms with Gasteiger partial charge in [0.25, 0.3) is 0 Å². The second kappa shape index (κ2) is 6.10. The molecule has 1 heterocycles. The molecule has 19 heavy (non-hydrogen) atoms. The third kappa shape index (κ3) is 4.18. The molecule has 100 valence electrons. The van der Waals surface area contributed by atoms with Gasteiger partial charge in [0.1, 0.15) is 5.82 Å². The molecule has 0 unspecified atom stereocenters. The number of hydrogen-bond donors (Lipinski definition) is 2. The predicted octanol–water partition coefficient (Wildman–Crippen LogP) is 1.29. The molecule has 0 aliphatic carbocycles. The van der Waals surface area contributed by atoms with Gasteiger partial charge in [-0.1, -0.05) is 0 Å². The summed E-state index contributed by atoms with van der Waals surface area (Å²) < 4.78 is 14.4. The van der Waals surface area contributed by atoms with Crippen molar-refractivity contribution in [2.45, 2.75) is 6.54 Å². The van der Waals surface area contributed by atoms with Crippen LogP contribution in [0.3, 0.4) is 0 Å². The summed E-state index contributed by atoms with van der Waals surface area (Å²) in [5.74, 6) is -0.497. The first-order valence-corrected chi connectivity index (χ1v) is 5.87. The van der Waals surface area contributed by atoms with E-state index in [1.54, 1.807) is 10.9 Å². The molecule has 0 aliphatic heterocycles. The Morgan fingerprint density at radius 1 is 1.37 bits per heavy atom. The van der Waals surface area contributed by atoms with Crippen molar-refractivity contribution < 1.29 is 9.18 Å². The van der Waals surface area contributed by atoms with E-state index in [1.807, 2.05) is 13.2 Å². The lowest BCUT2D eigenvalue weighted by Gasteiger charge is -2.05. The van der Waals surface area contributed by atoms with E-state index in [-0.39, 0.29) is 18.3 Å². The van der Waals surface area contributed by atoms with Gasteiger partial charge in [-0.05, 0) is 24.3 Å². The van der Waals surface area contributed by atoms with Crippen LogP contribution in [0, 0.1) is 5.82 Å². The van der Waals surface area contributed by atoms with Crippen LogP contribution < -0.4 is 10.6 Å². The lowest BCUT2D eigenvalue weighted by molar-refractivity contribution is -0.115. The van der Waals surface area contributed by atoms with E-state index in [1.165, 1.54) is 24.3 Å². The number of aromatic nitrogens is 2. The Morgan fingerprint density at radius 3 is 2.74 bits per heavy atom. The van der Waals surface area contributed by atoms with Gasteiger partial charge in [0.2, 0.25) is 5.91 Å². The maximum atomic E-state index is 12.7. The smallest absolute Gasteiger partial charge is 0.238 e. The van der Waals surface area contributed by atoms with Crippen LogP contribution in [0.5, 0.6) is 0 Å². The van der Waals surface area contributed by atoms with E-state index >= 15 is 0 Å². The van der Waals surface area contributed by atoms with Crippen molar-refractivity contribution in [2.75, 3.05) is 11.9 Å². The molecular weight excluding hydrogens is 247 g/mol. The molecule has 6 heteroatoms. The second-order valence-electron chi connectivity index (χ2n) is 4.18. The molecule has 1 aromatic carbocycles. The first-order valence-electron chi connectivity index (χ1n) is 5.87. The van der Waals surface area contributed by atoms with Crippen molar-refractivity contribution in [2.24, 2.45) is 7.05 Å². The number of rotatable bonds is 5. The lowest BCUT2D eigenvalue weighted by atomic mass is 10.3. The summed E-state index contributed by atoms with van der Waals surface area (Å²) in [5, 5.41) is 9.71. The Balaban J connectivity index is 1.74. The molecule has 2 rings (SSSR count). The Morgan fingerprint density at radius 2 is 2.11 bits per heavy atom. The highest BCUT2D eigenvalue weighted by molar-refractivity contribution is 5.92. The first kappa shape index (κ1) is 13.2. The van der Waals surface area contributed by atoms with E-state index in [9.17, 15) is 9.18 Å². The summed E-state index contributed by atoms with van der Waals surface area (Å²) in [5.41, 5.74) is 1.59. The van der Waals surface area contributed by atoms with Crippen LogP contribution in [-0.2, 0) is 18.4 Å². The highest BCUT2D eigenvalue weighted by Crippen LogP contribution is 2.07. The number of halogens is 1. The van der Waals surface area contributed by atoms with Gasteiger partial charge in [0, 0.05) is 31.0 Å². The van der Waals surface area contributed by atoms with Crippen molar-refractivity contribution in [1.29, 1.82) is 0 Å². The number of nitrogens with one attached hydrogen (secondary N) is 2. The SMILES string of the molecule is Cn1cc(CNCC(=O)Nc2ccc(F)cc2)cn1. The maximum absolute atomic E-state index is 12.7. The molecule has 1 aromatic heterocycles. The van der Waals surface area contributed by atoms with E-state index in [2.05, 4.69) is 15.7 Å². The number of amides is 1. The summed E-state index contributed by atoms with van der Waals surface area (Å²) >= 11 is 0. The van der Waals surface area contributed by atoms with Crippen LogP contribution in [0.4, 0.5) is 10.1 Å². The molecule has 2 aromatic rings. The lowest BCUT2D eigenvalue weighted by Crippen LogP contribution is -2.27. The maximum Gasteiger partial charge on any atom is 0.238 e. The Kier molecular flexibility index (Phi) is 4.25. The van der Waals surface area contributed by atoms with Crippen molar-refractivity contribution in [1.82, 2.24) is 15.1 Å². The quantitative estimate of drug-likeness (QED) is 0.853. The third-order valence-electron chi connectivity index (χ3n) is 2.50. The zero-order chi connectivity index (χ0) is 13.7. The van der Waals surface area contributed by atoms with E-state index < -0.39 is 0 Å². The summed E-state index contributed by atoms with van der Waals surface area (Å²) in [4.78, 5) is 11.6. The predicted molar refractivity (Wildman–Crippen MR) is 69.9 cm³/mol. The van der Waals surface area contributed by atoms with Gasteiger partial charge in [0.05, 0.1) is 12.7 Å². The fourth-order valence-corrected chi connectivity index (χ4v) is 1.62. The van der Waals surface area contributed by atoms with Gasteiger partial charge in [-0.3, -0.25) is 9.48 Å². The molecule has 0 saturated heterocycles. The van der Waals surface area contributed by atoms with Gasteiger partial charge in [-0.15, -0.1) is 0 Å². The van der Waals surface area contributed by atoms with E-state index in [4.69, 9.17) is 0 Å². The minimum atomic E-state index is -0.326. The van der Waals surface area contributed by atoms with Crippen molar-refractivity contribution in [3.8, 4) is 0 Å². The zero-order valence-electron chi connectivity index (χ0n) is 10.6. The largest absolute Gasteiger partial charge is 0.325 e. The topological polar surface area (TPSA) is 59.0 Å². The van der Waals surface area contributed by atoms with Crippen molar-refractivity contribution >= 4 is 11.6 Å². The van der Waals surface area contributed by atoms with Crippen LogP contribution in [-0.4, -0.2) is 22.2 Å². The van der Waals surface area contributed by atoms with E-state index in [0.717, 1.165) is 5.56 Å². The minimum absolute atomic E-state index is 0.171. The number of anilines is 1. The molecule has 5 nitrogen and oxygen atoms in total. The zero-order valence-corrected chi connectivity index (χ0v) is 10.6. The molecule has 0 aliphatic rings. The number of hydrogen-bond acceptors (Lipinski definition) is 3. The number of aryl methyl sites for hydroxylation is 1. The van der Waals surface area contributed by atoms with Gasteiger partial charge in [-0.2, -0.15) is 5.10 Å². The molecule has 0 fully saturated rings. The van der Waals surface area contributed by atoms with Crippen LogP contribution in [0.2, 0.25) is 0 Å². The molecule has 0 atom stereocenters. The third-order valence-corrected chi connectivity index (χ3v) is 2.50. The fourth-order valence-electron chi connectivity index (χ4n) is 1.62. The first-order chi connectivity index (χ1) is 9.13. The van der Waals surface area contributed by atoms with Gasteiger partial charge < -0.3 is 10.6 Å². The average molecular weight is 262 g/mol. The number of carbonyl (C=O) groups is 1. The molecule has 1 amide bonds. The number of nitrogens with zero attached hydrogens (tertiary/aromatic N) is 2. The average Bonchev–Trinajstić information content (AvgIpc) is 2.78. The fraction of sp³-hybridized carbons (Fsp3) is 0.231. The van der Waals surface area contributed by atoms with Crippen LogP contribution in [0.1, 0.15) is 5.56 Å². The Hall–Kier alpha value is -2.21. The van der Waals surface area contributed by atoms with Gasteiger partial charge >= 0.3 is 0 Å². The minimum Gasteiger partial charge on any atom is -0.325 e. The van der Waals surface area contributed by atoms with Crippen molar-refractivity contribution in [3.63, 3.8) is 0 Å². The second-order valence-corrected chi connectivity index (χ2v) is 4.18. The highest BCUT2D eigenvalue weighted by Gasteiger charge is 2.02. The standard InChI is InChI=1S/C13H15FN4O/c1-18-9-10(7-16-18)6-15-8-13(19)17-12-4-2-11(14)3-5-12/h2-5,7,9,15H,6,8H2,1H3,(H,17,19). The Bertz CT molecular complexity index is 550. The van der Waals surface area contributed by atoms with E-state index in [0.29, 0.717) is 12.2 Å². The molecule has 2 N–H and O–H groups in total. The van der Waals surface area contributed by atoms with Crippen LogP contribution >= 0.6 is 0 Å². The molecule has 0 bridgehead atoms. The highest BCUT2D eigenvalue weighted by atomic mass is 19.1. The molecule has 0 radical (unpaired) electrons. The normalized spacial score (nSPS) is 10.4. The monoisotopic (exact) mass is 262 g/mol. The number of benzene rings is 1. The summed E-state index contributed by atoms with van der Waals surface area (Å²) in [6, 6.07) is 5.65. The Labute approximate surface area is 110 Å². The summed E-state index contributed by atoms with van der Waals surface area (Å²) in [6.07, 6.45) is 3.62. The molecule has 0 spiro atoms. The van der Waals surface area contributed by atoms with Gasteiger partial charge in [0.15, 0.2) is 0 Å². The summed E-state index contributed by atoms with van der Waals surface area (Å²) in [6.45, 7) is 0.761. The van der Waals surface area contributed by atoms with Crippen LogP contribution in [0.15, 0.2) is 36.7 Å². The van der Waals surface area contributed by atoms with Gasteiger partial charge in [-0.25, -0.2) is 4.39 Å². The van der Waals surface area contributed by atoms with Crippen LogP contribution in [0.25, 0.3) is 0 Å². The summed E-state index contributed by atoms with van der Waals surface area (Å²) in [7, 11) is 1.84. The molecule has 0 saturated carbocycles.